The Morgan fingerprint density at radius 2 is 1.80 bits per heavy atom. The quantitative estimate of drug-likeness (QED) is 0.671. The molecule has 0 bridgehead atoms. The number of hydrogen-bond donors (Lipinski definition) is 2. The number of halogens is 1. The average Bonchev–Trinajstić information content (AvgIpc) is 2.71. The molecule has 0 saturated carbocycles. The maximum Gasteiger partial charge on any atom is 0.261 e. The van der Waals surface area contributed by atoms with Crippen molar-refractivity contribution < 1.29 is 13.2 Å². The lowest BCUT2D eigenvalue weighted by Gasteiger charge is -2.28. The van der Waals surface area contributed by atoms with Crippen molar-refractivity contribution in [1.29, 1.82) is 0 Å². The Bertz CT molecular complexity index is 985. The summed E-state index contributed by atoms with van der Waals surface area (Å²) in [6.07, 6.45) is 3.28. The SMILES string of the molecule is Cc1ccc(S(=O)(=O)Nc2ccc(C(=O)NCCC3CCN(C)CC3)cc2Cl)cc1. The van der Waals surface area contributed by atoms with Gasteiger partial charge in [-0.3, -0.25) is 9.52 Å². The van der Waals surface area contributed by atoms with Gasteiger partial charge in [0.1, 0.15) is 0 Å². The fourth-order valence-electron chi connectivity index (χ4n) is 3.50. The van der Waals surface area contributed by atoms with Gasteiger partial charge in [0.2, 0.25) is 0 Å². The topological polar surface area (TPSA) is 78.5 Å². The molecule has 0 spiro atoms. The lowest BCUT2D eigenvalue weighted by atomic mass is 9.94. The van der Waals surface area contributed by atoms with Gasteiger partial charge in [-0.15, -0.1) is 0 Å². The lowest BCUT2D eigenvalue weighted by Crippen LogP contribution is -2.32. The minimum Gasteiger partial charge on any atom is -0.352 e. The molecule has 1 saturated heterocycles. The van der Waals surface area contributed by atoms with Crippen molar-refractivity contribution in [2.24, 2.45) is 5.92 Å². The standard InChI is InChI=1S/C22H28ClN3O3S/c1-16-3-6-19(7-4-16)30(28,29)25-21-8-5-18(15-20(21)23)22(27)24-12-9-17-10-13-26(2)14-11-17/h3-8,15,17,25H,9-14H2,1-2H3,(H,24,27). The van der Waals surface area contributed by atoms with Crippen molar-refractivity contribution in [3.8, 4) is 0 Å². The van der Waals surface area contributed by atoms with Crippen LogP contribution in [0.5, 0.6) is 0 Å². The predicted molar refractivity (Wildman–Crippen MR) is 121 cm³/mol. The molecule has 2 aromatic rings. The molecule has 2 N–H and O–H groups in total. The summed E-state index contributed by atoms with van der Waals surface area (Å²) >= 11 is 6.25. The molecule has 1 aliphatic rings. The van der Waals surface area contributed by atoms with E-state index in [1.807, 2.05) is 6.92 Å². The first-order valence-corrected chi connectivity index (χ1v) is 12.0. The van der Waals surface area contributed by atoms with Gasteiger partial charge in [0.25, 0.3) is 15.9 Å². The first-order chi connectivity index (χ1) is 14.2. The Balaban J connectivity index is 1.57. The first-order valence-electron chi connectivity index (χ1n) is 10.1. The second-order valence-corrected chi connectivity index (χ2v) is 9.99. The summed E-state index contributed by atoms with van der Waals surface area (Å²) < 4.78 is 27.6. The Labute approximate surface area is 183 Å². The zero-order chi connectivity index (χ0) is 21.7. The normalized spacial score (nSPS) is 15.7. The maximum absolute atomic E-state index is 12.5. The van der Waals surface area contributed by atoms with Gasteiger partial charge in [-0.2, -0.15) is 0 Å². The van der Waals surface area contributed by atoms with Crippen molar-refractivity contribution in [2.75, 3.05) is 31.4 Å². The molecule has 6 nitrogen and oxygen atoms in total. The summed E-state index contributed by atoms with van der Waals surface area (Å²) in [7, 11) is -1.62. The zero-order valence-electron chi connectivity index (χ0n) is 17.3. The molecule has 0 aliphatic carbocycles. The highest BCUT2D eigenvalue weighted by molar-refractivity contribution is 7.92. The van der Waals surface area contributed by atoms with Crippen LogP contribution in [0.15, 0.2) is 47.4 Å². The van der Waals surface area contributed by atoms with E-state index in [-0.39, 0.29) is 21.5 Å². The van der Waals surface area contributed by atoms with E-state index in [9.17, 15) is 13.2 Å². The van der Waals surface area contributed by atoms with E-state index in [1.54, 1.807) is 18.2 Å². The van der Waals surface area contributed by atoms with Crippen LogP contribution in [-0.4, -0.2) is 45.9 Å². The minimum absolute atomic E-state index is 0.153. The molecule has 1 heterocycles. The van der Waals surface area contributed by atoms with Crippen LogP contribution in [0.2, 0.25) is 5.02 Å². The van der Waals surface area contributed by atoms with E-state index < -0.39 is 10.0 Å². The van der Waals surface area contributed by atoms with Crippen molar-refractivity contribution in [2.45, 2.75) is 31.1 Å². The van der Waals surface area contributed by atoms with Crippen molar-refractivity contribution in [3.63, 3.8) is 0 Å². The van der Waals surface area contributed by atoms with Gasteiger partial charge in [0, 0.05) is 12.1 Å². The third kappa shape index (κ3) is 5.97. The van der Waals surface area contributed by atoms with E-state index >= 15 is 0 Å². The van der Waals surface area contributed by atoms with E-state index in [2.05, 4.69) is 22.0 Å². The molecule has 1 aliphatic heterocycles. The minimum atomic E-state index is -3.75. The average molecular weight is 450 g/mol. The van der Waals surface area contributed by atoms with Crippen LogP contribution in [0.1, 0.15) is 35.2 Å². The molecule has 30 heavy (non-hydrogen) atoms. The fraction of sp³-hybridized carbons (Fsp3) is 0.409. The highest BCUT2D eigenvalue weighted by Crippen LogP contribution is 2.26. The second-order valence-electron chi connectivity index (χ2n) is 7.90. The molecule has 162 valence electrons. The van der Waals surface area contributed by atoms with E-state index in [0.717, 1.165) is 37.9 Å². The van der Waals surface area contributed by atoms with Crippen LogP contribution in [0.25, 0.3) is 0 Å². The van der Waals surface area contributed by atoms with Crippen LogP contribution in [0.4, 0.5) is 5.69 Å². The third-order valence-electron chi connectivity index (χ3n) is 5.48. The molecule has 1 amide bonds. The molecule has 3 rings (SSSR count). The van der Waals surface area contributed by atoms with Crippen molar-refractivity contribution in [3.05, 3.63) is 58.6 Å². The van der Waals surface area contributed by atoms with Crippen LogP contribution < -0.4 is 10.0 Å². The lowest BCUT2D eigenvalue weighted by molar-refractivity contribution is 0.0949. The molecular formula is C22H28ClN3O3S. The first kappa shape index (κ1) is 22.6. The molecule has 2 aromatic carbocycles. The van der Waals surface area contributed by atoms with E-state index in [4.69, 9.17) is 11.6 Å². The van der Waals surface area contributed by atoms with Gasteiger partial charge in [-0.1, -0.05) is 29.3 Å². The fourth-order valence-corrected chi connectivity index (χ4v) is 4.87. The van der Waals surface area contributed by atoms with Gasteiger partial charge in [-0.05, 0) is 82.6 Å². The number of nitrogens with one attached hydrogen (secondary N) is 2. The van der Waals surface area contributed by atoms with Gasteiger partial charge in [-0.25, -0.2) is 8.42 Å². The molecule has 0 aromatic heterocycles. The monoisotopic (exact) mass is 449 g/mol. The van der Waals surface area contributed by atoms with Crippen molar-refractivity contribution in [1.82, 2.24) is 10.2 Å². The van der Waals surface area contributed by atoms with Crippen LogP contribution in [-0.2, 0) is 10.0 Å². The van der Waals surface area contributed by atoms with E-state index in [1.165, 1.54) is 24.3 Å². The summed E-state index contributed by atoms with van der Waals surface area (Å²) in [6, 6.07) is 11.1. The number of hydrogen-bond acceptors (Lipinski definition) is 4. The number of benzene rings is 2. The van der Waals surface area contributed by atoms with Gasteiger partial charge in [0.15, 0.2) is 0 Å². The molecule has 0 atom stereocenters. The molecule has 0 unspecified atom stereocenters. The number of anilines is 1. The number of likely N-dealkylation sites (tertiary alicyclic amines) is 1. The summed E-state index contributed by atoms with van der Waals surface area (Å²) in [5.74, 6) is 0.432. The van der Waals surface area contributed by atoms with Crippen LogP contribution in [0.3, 0.4) is 0 Å². The molecular weight excluding hydrogens is 422 g/mol. The highest BCUT2D eigenvalue weighted by atomic mass is 35.5. The second kappa shape index (κ2) is 9.81. The van der Waals surface area contributed by atoms with Gasteiger partial charge in [0.05, 0.1) is 15.6 Å². The Kier molecular flexibility index (Phi) is 7.39. The van der Waals surface area contributed by atoms with Gasteiger partial charge < -0.3 is 10.2 Å². The number of piperidine rings is 1. The summed E-state index contributed by atoms with van der Waals surface area (Å²) in [5.41, 5.74) is 1.61. The number of carbonyl (C=O) groups excluding carboxylic acids is 1. The summed E-state index contributed by atoms with van der Waals surface area (Å²) in [4.78, 5) is 14.9. The van der Waals surface area contributed by atoms with Crippen LogP contribution >= 0.6 is 11.6 Å². The predicted octanol–water partition coefficient (Wildman–Crippen LogP) is 3.91. The maximum atomic E-state index is 12.5. The summed E-state index contributed by atoms with van der Waals surface area (Å²) in [5, 5.41) is 3.11. The molecule has 1 fully saturated rings. The Morgan fingerprint density at radius 1 is 1.13 bits per heavy atom. The third-order valence-corrected chi connectivity index (χ3v) is 7.18. The zero-order valence-corrected chi connectivity index (χ0v) is 18.9. The van der Waals surface area contributed by atoms with Crippen molar-refractivity contribution >= 4 is 33.2 Å². The van der Waals surface area contributed by atoms with Gasteiger partial charge >= 0.3 is 0 Å². The number of nitrogens with zero attached hydrogens (tertiary/aromatic N) is 1. The highest BCUT2D eigenvalue weighted by Gasteiger charge is 2.18. The number of sulfonamides is 1. The smallest absolute Gasteiger partial charge is 0.261 e. The molecule has 0 radical (unpaired) electrons. The van der Waals surface area contributed by atoms with E-state index in [0.29, 0.717) is 18.0 Å². The Morgan fingerprint density at radius 3 is 2.43 bits per heavy atom. The van der Waals surface area contributed by atoms with Crippen LogP contribution in [0, 0.1) is 12.8 Å². The Hall–Kier alpha value is -2.09. The number of rotatable bonds is 7. The summed E-state index contributed by atoms with van der Waals surface area (Å²) in [6.45, 7) is 4.72. The number of amides is 1. The number of carbonyl (C=O) groups is 1. The number of aryl methyl sites for hydroxylation is 1. The molecule has 8 heteroatoms. The largest absolute Gasteiger partial charge is 0.352 e.